The van der Waals surface area contributed by atoms with Gasteiger partial charge in [-0.3, -0.25) is 9.59 Å². The fraction of sp³-hybridized carbons (Fsp3) is 0.286. The lowest BCUT2D eigenvalue weighted by Crippen LogP contribution is -2.26. The summed E-state index contributed by atoms with van der Waals surface area (Å²) in [7, 11) is 0. The van der Waals surface area contributed by atoms with Crippen LogP contribution in [0.25, 0.3) is 5.65 Å². The molecule has 0 radical (unpaired) electrons. The lowest BCUT2D eigenvalue weighted by Gasteiger charge is -2.16. The van der Waals surface area contributed by atoms with Crippen molar-refractivity contribution < 1.29 is 19.1 Å². The minimum absolute atomic E-state index is 0.0962. The van der Waals surface area contributed by atoms with Crippen LogP contribution in [0.1, 0.15) is 68.2 Å². The molecule has 0 fully saturated rings. The van der Waals surface area contributed by atoms with Gasteiger partial charge in [0.25, 0.3) is 5.91 Å². The monoisotopic (exact) mass is 497 g/mol. The average Bonchev–Trinajstić information content (AvgIpc) is 3.65. The first-order valence-electron chi connectivity index (χ1n) is 12.3. The Morgan fingerprint density at radius 3 is 2.81 bits per heavy atom. The number of aromatic nitrogens is 3. The summed E-state index contributed by atoms with van der Waals surface area (Å²) in [5.74, 6) is 1.22. The molecule has 0 spiro atoms. The number of carbonyl (C=O) groups excluding carboxylic acids is 2. The molecule has 1 atom stereocenters. The maximum absolute atomic E-state index is 13.0. The molecule has 2 N–H and O–H groups in total. The number of carbonyl (C=O) groups is 2. The molecular weight excluding hydrogens is 470 g/mol. The van der Waals surface area contributed by atoms with Crippen molar-refractivity contribution >= 4 is 17.3 Å². The molecule has 37 heavy (non-hydrogen) atoms. The number of amides is 1. The lowest BCUT2D eigenvalue weighted by molar-refractivity contribution is 0.0945. The Morgan fingerprint density at radius 1 is 1.08 bits per heavy atom. The van der Waals surface area contributed by atoms with Crippen LogP contribution in [0.15, 0.2) is 48.7 Å². The van der Waals surface area contributed by atoms with E-state index in [-0.39, 0.29) is 24.5 Å². The largest absolute Gasteiger partial charge is 0.454 e. The van der Waals surface area contributed by atoms with E-state index in [9.17, 15) is 9.59 Å². The highest BCUT2D eigenvalue weighted by Crippen LogP contribution is 2.35. The van der Waals surface area contributed by atoms with Crippen molar-refractivity contribution in [3.05, 3.63) is 87.9 Å². The van der Waals surface area contributed by atoms with Crippen LogP contribution >= 0.6 is 0 Å². The first-order valence-corrected chi connectivity index (χ1v) is 12.3. The van der Waals surface area contributed by atoms with Crippen LogP contribution in [0.2, 0.25) is 0 Å². The number of benzene rings is 2. The van der Waals surface area contributed by atoms with Crippen LogP contribution in [0.5, 0.6) is 11.5 Å². The van der Waals surface area contributed by atoms with Gasteiger partial charge in [-0.1, -0.05) is 18.2 Å². The molecule has 2 aliphatic rings. The number of ketones is 1. The molecule has 2 aromatic carbocycles. The molecule has 2 aromatic heterocycles. The van der Waals surface area contributed by atoms with E-state index in [0.29, 0.717) is 35.9 Å². The van der Waals surface area contributed by atoms with Gasteiger partial charge < -0.3 is 20.1 Å². The highest BCUT2D eigenvalue weighted by atomic mass is 16.7. The number of rotatable bonds is 7. The second-order valence-electron chi connectivity index (χ2n) is 9.44. The Kier molecular flexibility index (Phi) is 5.84. The third-order valence-corrected chi connectivity index (χ3v) is 7.16. The first-order chi connectivity index (χ1) is 18.0. The van der Waals surface area contributed by atoms with Crippen LogP contribution in [0.4, 0.5) is 0 Å². The van der Waals surface area contributed by atoms with Crippen molar-refractivity contribution in [1.29, 1.82) is 0 Å². The topological polar surface area (TPSA) is 107 Å². The normalized spacial score (nSPS) is 15.7. The van der Waals surface area contributed by atoms with Gasteiger partial charge in [-0.05, 0) is 67.1 Å². The van der Waals surface area contributed by atoms with Gasteiger partial charge >= 0.3 is 0 Å². The van der Waals surface area contributed by atoms with E-state index in [1.54, 1.807) is 29.8 Å². The van der Waals surface area contributed by atoms with Crippen LogP contribution < -0.4 is 20.1 Å². The summed E-state index contributed by atoms with van der Waals surface area (Å²) in [6, 6.07) is 13.3. The number of hydrogen-bond donors (Lipinski definition) is 2. The number of fused-ring (bicyclic) bond motifs is 3. The zero-order chi connectivity index (χ0) is 25.5. The van der Waals surface area contributed by atoms with Crippen LogP contribution in [0, 0.1) is 6.92 Å². The Labute approximate surface area is 213 Å². The zero-order valence-electron chi connectivity index (χ0n) is 20.7. The van der Waals surface area contributed by atoms with E-state index in [1.165, 1.54) is 11.1 Å². The van der Waals surface area contributed by atoms with Gasteiger partial charge in [-0.25, -0.2) is 9.50 Å². The number of hydrogen-bond acceptors (Lipinski definition) is 7. The molecule has 6 rings (SSSR count). The SMILES string of the molecule is CC(=O)c1ccc2c(c1C)CC[C@@H]2NCc1cc(C(=O)NCc2ccc3c(c2)OCO3)nc2ccnn12. The molecular formula is C28H27N5O4. The lowest BCUT2D eigenvalue weighted by atomic mass is 9.96. The number of nitrogens with zero attached hydrogens (tertiary/aromatic N) is 3. The summed E-state index contributed by atoms with van der Waals surface area (Å²) in [4.78, 5) is 29.5. The Bertz CT molecular complexity index is 1540. The molecule has 1 aliphatic carbocycles. The summed E-state index contributed by atoms with van der Waals surface area (Å²) < 4.78 is 12.5. The van der Waals surface area contributed by atoms with Crippen molar-refractivity contribution in [2.45, 2.75) is 45.8 Å². The number of nitrogens with one attached hydrogen (secondary N) is 2. The van der Waals surface area contributed by atoms with E-state index in [2.05, 4.69) is 26.8 Å². The zero-order valence-corrected chi connectivity index (χ0v) is 20.7. The Hall–Kier alpha value is -4.24. The van der Waals surface area contributed by atoms with Gasteiger partial charge in [0.2, 0.25) is 6.79 Å². The number of ether oxygens (including phenoxy) is 2. The third kappa shape index (κ3) is 4.31. The van der Waals surface area contributed by atoms with E-state index in [0.717, 1.165) is 35.2 Å². The molecule has 188 valence electrons. The molecule has 4 aromatic rings. The Balaban J connectivity index is 1.18. The second kappa shape index (κ2) is 9.33. The summed E-state index contributed by atoms with van der Waals surface area (Å²) in [5.41, 5.74) is 7.06. The van der Waals surface area contributed by atoms with Gasteiger partial charge in [-0.2, -0.15) is 5.10 Å². The van der Waals surface area contributed by atoms with Gasteiger partial charge in [0.1, 0.15) is 5.69 Å². The summed E-state index contributed by atoms with van der Waals surface area (Å²) >= 11 is 0. The fourth-order valence-corrected chi connectivity index (χ4v) is 5.24. The highest BCUT2D eigenvalue weighted by molar-refractivity contribution is 5.96. The molecule has 1 aliphatic heterocycles. The molecule has 3 heterocycles. The van der Waals surface area contributed by atoms with Gasteiger partial charge in [0, 0.05) is 30.8 Å². The molecule has 9 nitrogen and oxygen atoms in total. The van der Waals surface area contributed by atoms with Gasteiger partial charge in [-0.15, -0.1) is 0 Å². The third-order valence-electron chi connectivity index (χ3n) is 7.16. The molecule has 9 heteroatoms. The standard InChI is InChI=1S/C28H27N5O4/c1-16-20(17(2)34)4-5-22-21(16)6-7-23(22)29-14-19-12-24(32-27-9-10-31-33(19)27)28(35)30-13-18-3-8-25-26(11-18)37-15-36-25/h3-5,8-12,23,29H,6-7,13-15H2,1-2H3,(H,30,35)/t23-/m0/s1. The van der Waals surface area contributed by atoms with Crippen LogP contribution in [0.3, 0.4) is 0 Å². The maximum Gasteiger partial charge on any atom is 0.270 e. The minimum Gasteiger partial charge on any atom is -0.454 e. The highest BCUT2D eigenvalue weighted by Gasteiger charge is 2.26. The Morgan fingerprint density at radius 2 is 1.95 bits per heavy atom. The molecule has 0 bridgehead atoms. The van der Waals surface area contributed by atoms with Crippen molar-refractivity contribution in [3.8, 4) is 11.5 Å². The van der Waals surface area contributed by atoms with E-state index in [4.69, 9.17) is 9.47 Å². The quantitative estimate of drug-likeness (QED) is 0.375. The van der Waals surface area contributed by atoms with Crippen molar-refractivity contribution in [3.63, 3.8) is 0 Å². The van der Waals surface area contributed by atoms with E-state index in [1.807, 2.05) is 31.2 Å². The van der Waals surface area contributed by atoms with E-state index < -0.39 is 0 Å². The van der Waals surface area contributed by atoms with Crippen molar-refractivity contribution in [2.24, 2.45) is 0 Å². The van der Waals surface area contributed by atoms with Crippen molar-refractivity contribution in [2.75, 3.05) is 6.79 Å². The first kappa shape index (κ1) is 23.2. The van der Waals surface area contributed by atoms with Crippen LogP contribution in [-0.4, -0.2) is 33.1 Å². The van der Waals surface area contributed by atoms with Gasteiger partial charge in [0.05, 0.1) is 11.9 Å². The fourth-order valence-electron chi connectivity index (χ4n) is 5.24. The molecule has 1 amide bonds. The summed E-state index contributed by atoms with van der Waals surface area (Å²) in [5, 5.41) is 11.0. The number of Topliss-reactive ketones (excluding diaryl/α,β-unsaturated/α-hetero) is 1. The molecule has 0 saturated heterocycles. The molecule has 0 saturated carbocycles. The molecule has 0 unspecified atom stereocenters. The summed E-state index contributed by atoms with van der Waals surface area (Å²) in [6.45, 7) is 4.71. The predicted molar refractivity (Wildman–Crippen MR) is 136 cm³/mol. The maximum atomic E-state index is 13.0. The second-order valence-corrected chi connectivity index (χ2v) is 9.44. The smallest absolute Gasteiger partial charge is 0.270 e. The minimum atomic E-state index is -0.263. The van der Waals surface area contributed by atoms with Crippen molar-refractivity contribution in [1.82, 2.24) is 25.2 Å². The van der Waals surface area contributed by atoms with Crippen LogP contribution in [-0.2, 0) is 19.5 Å². The average molecular weight is 498 g/mol. The van der Waals surface area contributed by atoms with Gasteiger partial charge in [0.15, 0.2) is 22.9 Å². The van der Waals surface area contributed by atoms with E-state index >= 15 is 0 Å². The predicted octanol–water partition coefficient (Wildman–Crippen LogP) is 3.68. The summed E-state index contributed by atoms with van der Waals surface area (Å²) in [6.07, 6.45) is 3.56.